The topological polar surface area (TPSA) is 73.1 Å². The summed E-state index contributed by atoms with van der Waals surface area (Å²) in [5.74, 6) is -0.726. The lowest BCUT2D eigenvalue weighted by molar-refractivity contribution is -0.390. The molecular weight excluding hydrogens is 325 g/mol. The molecule has 0 atom stereocenters. The second-order valence-electron chi connectivity index (χ2n) is 2.45. The molecule has 0 radical (unpaired) electrons. The fourth-order valence-electron chi connectivity index (χ4n) is 0.874. The van der Waals surface area contributed by atoms with Crippen LogP contribution in [0.2, 0.25) is 0 Å². The van der Waals surface area contributed by atoms with E-state index in [1.165, 1.54) is 22.6 Å². The molecule has 1 aromatic heterocycles. The smallest absolute Gasteiger partial charge is 0.358 e. The van der Waals surface area contributed by atoms with Gasteiger partial charge >= 0.3 is 12.2 Å². The van der Waals surface area contributed by atoms with Crippen LogP contribution < -0.4 is 0 Å². The number of rotatable bonds is 3. The summed E-state index contributed by atoms with van der Waals surface area (Å²) in [6.07, 6.45) is -2.66. The summed E-state index contributed by atoms with van der Waals surface area (Å²) >= 11 is 1.52. The van der Waals surface area contributed by atoms with Gasteiger partial charge in [0.2, 0.25) is 5.69 Å². The van der Waals surface area contributed by atoms with Crippen LogP contribution >= 0.6 is 22.6 Å². The summed E-state index contributed by atoms with van der Waals surface area (Å²) in [6, 6.07) is 0.840. The minimum atomic E-state index is -2.95. The Balaban J connectivity index is 3.45. The maximum atomic E-state index is 12.3. The Morgan fingerprint density at radius 2 is 2.20 bits per heavy atom. The van der Waals surface area contributed by atoms with Gasteiger partial charge < -0.3 is 10.1 Å². The average Bonchev–Trinajstić information content (AvgIpc) is 2.17. The molecule has 0 saturated heterocycles. The number of halogens is 3. The average molecular weight is 328 g/mol. The van der Waals surface area contributed by atoms with Gasteiger partial charge in [0, 0.05) is 11.6 Å². The molecule has 0 amide bonds. The van der Waals surface area contributed by atoms with Crippen molar-refractivity contribution in [3.8, 4) is 0 Å². The fraction of sp³-hybridized carbons (Fsp3) is 0.143. The van der Waals surface area contributed by atoms with Gasteiger partial charge in [0.05, 0.1) is 0 Å². The lowest BCUT2D eigenvalue weighted by Crippen LogP contribution is -2.03. The van der Waals surface area contributed by atoms with E-state index in [0.717, 1.165) is 6.07 Å². The molecule has 0 aliphatic heterocycles. The van der Waals surface area contributed by atoms with E-state index in [1.807, 2.05) is 0 Å². The van der Waals surface area contributed by atoms with E-state index in [1.54, 1.807) is 0 Å². The van der Waals surface area contributed by atoms with Crippen LogP contribution in [0.5, 0.6) is 0 Å². The van der Waals surface area contributed by atoms with E-state index < -0.39 is 22.9 Å². The Labute approximate surface area is 95.8 Å². The molecule has 0 aliphatic carbocycles. The van der Waals surface area contributed by atoms with Crippen molar-refractivity contribution < 1.29 is 18.5 Å². The number of aldehydes is 1. The van der Waals surface area contributed by atoms with Gasteiger partial charge in [-0.3, -0.25) is 4.79 Å². The van der Waals surface area contributed by atoms with Gasteiger partial charge in [-0.25, -0.2) is 8.78 Å². The first kappa shape index (κ1) is 11.9. The largest absolute Gasteiger partial charge is 0.378 e. The van der Waals surface area contributed by atoms with Gasteiger partial charge in [-0.1, -0.05) is 0 Å². The first-order valence-electron chi connectivity index (χ1n) is 3.55. The van der Waals surface area contributed by atoms with Crippen LogP contribution in [0.4, 0.5) is 14.6 Å². The third-order valence-electron chi connectivity index (χ3n) is 1.51. The van der Waals surface area contributed by atoms with Gasteiger partial charge in [0.15, 0.2) is 6.29 Å². The van der Waals surface area contributed by atoms with Crippen LogP contribution in [0, 0.1) is 13.7 Å². The number of aromatic nitrogens is 1. The zero-order valence-electron chi connectivity index (χ0n) is 6.99. The molecule has 15 heavy (non-hydrogen) atoms. The van der Waals surface area contributed by atoms with Crippen LogP contribution in [0.15, 0.2) is 6.07 Å². The lowest BCUT2D eigenvalue weighted by Gasteiger charge is -2.00. The highest BCUT2D eigenvalue weighted by Gasteiger charge is 2.24. The Kier molecular flexibility index (Phi) is 3.61. The third kappa shape index (κ3) is 2.43. The van der Waals surface area contributed by atoms with Crippen LogP contribution in [0.3, 0.4) is 0 Å². The van der Waals surface area contributed by atoms with Crippen molar-refractivity contribution in [2.75, 3.05) is 0 Å². The predicted molar refractivity (Wildman–Crippen MR) is 54.0 cm³/mol. The third-order valence-corrected chi connectivity index (χ3v) is 2.62. The van der Waals surface area contributed by atoms with Gasteiger partial charge in [-0.05, 0) is 32.5 Å². The molecule has 0 bridgehead atoms. The van der Waals surface area contributed by atoms with Crippen molar-refractivity contribution in [1.82, 2.24) is 4.98 Å². The Hall–Kier alpha value is -1.19. The number of carbonyl (C=O) groups excluding carboxylic acids is 1. The lowest BCUT2D eigenvalue weighted by atomic mass is 10.2. The second-order valence-corrected chi connectivity index (χ2v) is 3.53. The Morgan fingerprint density at radius 3 is 2.60 bits per heavy atom. The number of alkyl halides is 2. The molecule has 5 nitrogen and oxygen atoms in total. The SMILES string of the molecule is O=Cc1cc(C(F)F)nc([N+](=O)[O-])c1I. The quantitative estimate of drug-likeness (QED) is 0.369. The standard InChI is InChI=1S/C7H3F2IN2O3/c8-6(9)4-1-3(2-13)5(10)7(11-4)12(14)15/h1-2,6H. The second kappa shape index (κ2) is 4.55. The molecule has 0 aliphatic rings. The molecule has 1 aromatic rings. The first-order valence-corrected chi connectivity index (χ1v) is 4.63. The molecule has 0 N–H and O–H groups in total. The van der Waals surface area contributed by atoms with Gasteiger partial charge in [0.25, 0.3) is 0 Å². The van der Waals surface area contributed by atoms with E-state index in [0.29, 0.717) is 0 Å². The van der Waals surface area contributed by atoms with Crippen molar-refractivity contribution in [1.29, 1.82) is 0 Å². The van der Waals surface area contributed by atoms with E-state index in [4.69, 9.17) is 0 Å². The first-order chi connectivity index (χ1) is 6.97. The summed E-state index contributed by atoms with van der Waals surface area (Å²) in [5.41, 5.74) is -0.934. The molecule has 0 aromatic carbocycles. The van der Waals surface area contributed by atoms with Crippen molar-refractivity contribution in [2.24, 2.45) is 0 Å². The van der Waals surface area contributed by atoms with E-state index >= 15 is 0 Å². The van der Waals surface area contributed by atoms with Crippen molar-refractivity contribution in [2.45, 2.75) is 6.43 Å². The summed E-state index contributed by atoms with van der Waals surface area (Å²) < 4.78 is 24.5. The molecule has 1 heterocycles. The maximum absolute atomic E-state index is 12.3. The fourth-order valence-corrected chi connectivity index (χ4v) is 1.47. The summed E-state index contributed by atoms with van der Waals surface area (Å²) in [5, 5.41) is 10.4. The minimum absolute atomic E-state index is 0.0444. The van der Waals surface area contributed by atoms with E-state index in [9.17, 15) is 23.7 Å². The Bertz CT molecular complexity index is 425. The number of nitrogens with zero attached hydrogens (tertiary/aromatic N) is 2. The normalized spacial score (nSPS) is 10.4. The number of nitro groups is 1. The van der Waals surface area contributed by atoms with Crippen LogP contribution in [-0.2, 0) is 0 Å². The van der Waals surface area contributed by atoms with E-state index in [-0.39, 0.29) is 15.4 Å². The summed E-state index contributed by atoms with van der Waals surface area (Å²) in [4.78, 5) is 23.2. The van der Waals surface area contributed by atoms with Crippen LogP contribution in [0.25, 0.3) is 0 Å². The molecule has 0 saturated carbocycles. The highest BCUT2D eigenvalue weighted by Crippen LogP contribution is 2.26. The van der Waals surface area contributed by atoms with Crippen molar-refractivity contribution in [3.63, 3.8) is 0 Å². The zero-order chi connectivity index (χ0) is 11.6. The van der Waals surface area contributed by atoms with Crippen LogP contribution in [0.1, 0.15) is 22.5 Å². The highest BCUT2D eigenvalue weighted by molar-refractivity contribution is 14.1. The summed E-state index contributed by atoms with van der Waals surface area (Å²) in [6.45, 7) is 0. The Morgan fingerprint density at radius 1 is 1.60 bits per heavy atom. The van der Waals surface area contributed by atoms with E-state index in [2.05, 4.69) is 4.98 Å². The van der Waals surface area contributed by atoms with Gasteiger partial charge in [0.1, 0.15) is 3.57 Å². The zero-order valence-corrected chi connectivity index (χ0v) is 9.14. The number of hydrogen-bond donors (Lipinski definition) is 0. The molecule has 0 fully saturated rings. The monoisotopic (exact) mass is 328 g/mol. The number of hydrogen-bond acceptors (Lipinski definition) is 4. The molecule has 80 valence electrons. The molecule has 0 unspecified atom stereocenters. The van der Waals surface area contributed by atoms with Crippen molar-refractivity contribution >= 4 is 34.7 Å². The highest BCUT2D eigenvalue weighted by atomic mass is 127. The predicted octanol–water partition coefficient (Wildman–Crippen LogP) is 2.34. The molecule has 1 rings (SSSR count). The van der Waals surface area contributed by atoms with Gasteiger partial charge in [-0.15, -0.1) is 0 Å². The maximum Gasteiger partial charge on any atom is 0.378 e. The molecule has 8 heteroatoms. The van der Waals surface area contributed by atoms with Crippen LogP contribution in [-0.4, -0.2) is 16.2 Å². The number of pyridine rings is 1. The number of carbonyl (C=O) groups is 1. The molecular formula is C7H3F2IN2O3. The van der Waals surface area contributed by atoms with Gasteiger partial charge in [-0.2, -0.15) is 0 Å². The molecule has 0 spiro atoms. The van der Waals surface area contributed by atoms with Crippen molar-refractivity contribution in [3.05, 3.63) is 31.0 Å². The summed E-state index contributed by atoms with van der Waals surface area (Å²) in [7, 11) is 0. The minimum Gasteiger partial charge on any atom is -0.358 e.